The number of H-pyrrole nitrogens is 1. The Labute approximate surface area is 160 Å². The lowest BCUT2D eigenvalue weighted by atomic mass is 9.95. The van der Waals surface area contributed by atoms with Crippen molar-refractivity contribution in [3.63, 3.8) is 0 Å². The van der Waals surface area contributed by atoms with Crippen LogP contribution in [0.2, 0.25) is 0 Å². The van der Waals surface area contributed by atoms with Gasteiger partial charge in [-0.05, 0) is 19.8 Å². The predicted octanol–water partition coefficient (Wildman–Crippen LogP) is 2.53. The zero-order valence-corrected chi connectivity index (χ0v) is 15.1. The van der Waals surface area contributed by atoms with E-state index in [1.807, 2.05) is 6.07 Å². The molecular formula is C18H19FN8O. The Kier molecular flexibility index (Phi) is 5.76. The largest absolute Gasteiger partial charge is 0.506 e. The minimum Gasteiger partial charge on any atom is -0.506 e. The van der Waals surface area contributed by atoms with E-state index in [0.717, 1.165) is 0 Å². The lowest BCUT2D eigenvalue weighted by Gasteiger charge is -2.18. The maximum absolute atomic E-state index is 14.1. The molecule has 1 fully saturated rings. The van der Waals surface area contributed by atoms with Gasteiger partial charge < -0.3 is 16.2 Å². The lowest BCUT2D eigenvalue weighted by molar-refractivity contribution is 0.418. The lowest BCUT2D eigenvalue weighted by Crippen LogP contribution is -2.27. The van der Waals surface area contributed by atoms with Crippen LogP contribution in [0.4, 0.5) is 16.0 Å². The van der Waals surface area contributed by atoms with Crippen molar-refractivity contribution in [2.24, 2.45) is 5.73 Å². The molecule has 1 aliphatic carbocycles. The molecule has 0 radical (unpaired) electrons. The van der Waals surface area contributed by atoms with Gasteiger partial charge in [0.05, 0.1) is 35.5 Å². The van der Waals surface area contributed by atoms with Gasteiger partial charge in [0, 0.05) is 12.1 Å². The smallest absolute Gasteiger partial charge is 0.158 e. The molecule has 1 saturated carbocycles. The Hall–Kier alpha value is -3.58. The van der Waals surface area contributed by atoms with Crippen molar-refractivity contribution in [3.05, 3.63) is 41.9 Å². The van der Waals surface area contributed by atoms with E-state index in [-0.39, 0.29) is 28.4 Å². The average Bonchev–Trinajstić information content (AvgIpc) is 3.12. The van der Waals surface area contributed by atoms with Crippen molar-refractivity contribution >= 4 is 11.6 Å². The molecule has 9 nitrogen and oxygen atoms in total. The van der Waals surface area contributed by atoms with E-state index < -0.39 is 5.82 Å². The molecule has 0 aromatic carbocycles. The van der Waals surface area contributed by atoms with Gasteiger partial charge in [0.25, 0.3) is 0 Å². The van der Waals surface area contributed by atoms with Crippen LogP contribution in [0.5, 0.6) is 5.75 Å². The third-order valence-electron chi connectivity index (χ3n) is 4.19. The Morgan fingerprint density at radius 2 is 2.00 bits per heavy atom. The minimum absolute atomic E-state index is 0.0102. The van der Waals surface area contributed by atoms with Crippen LogP contribution in [0.15, 0.2) is 24.7 Å². The number of nitriles is 1. The molecule has 3 aromatic heterocycles. The number of aromatic nitrogens is 5. The molecular weight excluding hydrogens is 363 g/mol. The van der Waals surface area contributed by atoms with E-state index in [1.165, 1.54) is 50.8 Å². The number of rotatable bonds is 3. The zero-order valence-electron chi connectivity index (χ0n) is 15.1. The molecule has 4 rings (SSSR count). The number of hydrogen-bond donors (Lipinski definition) is 4. The zero-order chi connectivity index (χ0) is 20.1. The topological polar surface area (TPSA) is 149 Å². The SMILES string of the molecule is Cc1ncc(O)c(-c2cc(Nc3cnc(C#N)cn3)n[nH]2)c1F.NC1CCC1. The summed E-state index contributed by atoms with van der Waals surface area (Å²) in [6.07, 6.45) is 7.75. The Balaban J connectivity index is 0.000000391. The summed E-state index contributed by atoms with van der Waals surface area (Å²) < 4.78 is 14.1. The van der Waals surface area contributed by atoms with Crippen LogP contribution in [0, 0.1) is 24.1 Å². The maximum atomic E-state index is 14.1. The average molecular weight is 382 g/mol. The van der Waals surface area contributed by atoms with Crippen LogP contribution in [0.3, 0.4) is 0 Å². The number of anilines is 2. The molecule has 0 atom stereocenters. The third kappa shape index (κ3) is 4.39. The maximum Gasteiger partial charge on any atom is 0.158 e. The first kappa shape index (κ1) is 19.2. The quantitative estimate of drug-likeness (QED) is 0.540. The fourth-order valence-electron chi connectivity index (χ4n) is 2.36. The number of nitrogens with zero attached hydrogens (tertiary/aromatic N) is 5. The molecule has 144 valence electrons. The van der Waals surface area contributed by atoms with Crippen molar-refractivity contribution in [3.8, 4) is 23.1 Å². The summed E-state index contributed by atoms with van der Waals surface area (Å²) in [7, 11) is 0. The summed E-state index contributed by atoms with van der Waals surface area (Å²) in [6, 6.07) is 3.94. The standard InChI is InChI=1S/C14H10FN7O.C4H9N/c1-7-14(15)13(10(23)5-17-7)9-2-11(22-21-9)20-12-6-18-8(3-16)4-19-12;5-4-2-1-3-4/h2,4-6,23H,1H3,(H2,19,20,21,22);4H,1-3,5H2. The van der Waals surface area contributed by atoms with E-state index >= 15 is 0 Å². The van der Waals surface area contributed by atoms with E-state index in [2.05, 4.69) is 30.5 Å². The molecule has 5 N–H and O–H groups in total. The van der Waals surface area contributed by atoms with Crippen molar-refractivity contribution in [2.45, 2.75) is 32.2 Å². The molecule has 0 unspecified atom stereocenters. The highest BCUT2D eigenvalue weighted by Gasteiger charge is 2.16. The van der Waals surface area contributed by atoms with Gasteiger partial charge in [-0.2, -0.15) is 10.4 Å². The molecule has 0 bridgehead atoms. The Morgan fingerprint density at radius 1 is 1.25 bits per heavy atom. The Bertz CT molecular complexity index is 992. The summed E-state index contributed by atoms with van der Waals surface area (Å²) in [5.41, 5.74) is 6.01. The van der Waals surface area contributed by atoms with E-state index in [1.54, 1.807) is 0 Å². The van der Waals surface area contributed by atoms with Gasteiger partial charge in [-0.1, -0.05) is 6.42 Å². The highest BCUT2D eigenvalue weighted by molar-refractivity contribution is 5.70. The highest BCUT2D eigenvalue weighted by atomic mass is 19.1. The molecule has 0 saturated heterocycles. The second-order valence-corrected chi connectivity index (χ2v) is 6.30. The number of aromatic hydroxyl groups is 1. The van der Waals surface area contributed by atoms with Gasteiger partial charge >= 0.3 is 0 Å². The molecule has 28 heavy (non-hydrogen) atoms. The number of hydrogen-bond acceptors (Lipinski definition) is 8. The predicted molar refractivity (Wildman–Crippen MR) is 100 cm³/mol. The van der Waals surface area contributed by atoms with E-state index in [4.69, 9.17) is 11.0 Å². The van der Waals surface area contributed by atoms with Crippen molar-refractivity contribution in [1.29, 1.82) is 5.26 Å². The number of nitrogens with one attached hydrogen (secondary N) is 2. The molecule has 3 heterocycles. The number of halogens is 1. The number of aromatic amines is 1. The monoisotopic (exact) mass is 382 g/mol. The molecule has 10 heteroatoms. The van der Waals surface area contributed by atoms with Crippen LogP contribution in [-0.2, 0) is 0 Å². The number of nitrogens with two attached hydrogens (primary N) is 1. The molecule has 0 aliphatic heterocycles. The van der Waals surface area contributed by atoms with Gasteiger partial charge in [-0.25, -0.2) is 14.4 Å². The van der Waals surface area contributed by atoms with Crippen molar-refractivity contribution in [1.82, 2.24) is 25.1 Å². The third-order valence-corrected chi connectivity index (χ3v) is 4.19. The first-order valence-electron chi connectivity index (χ1n) is 8.62. The van der Waals surface area contributed by atoms with Gasteiger partial charge in [0.15, 0.2) is 17.3 Å². The van der Waals surface area contributed by atoms with Crippen LogP contribution in [-0.4, -0.2) is 36.3 Å². The van der Waals surface area contributed by atoms with E-state index in [0.29, 0.717) is 17.7 Å². The van der Waals surface area contributed by atoms with Gasteiger partial charge in [-0.3, -0.25) is 10.1 Å². The fourth-order valence-corrected chi connectivity index (χ4v) is 2.36. The van der Waals surface area contributed by atoms with Crippen LogP contribution >= 0.6 is 0 Å². The normalized spacial score (nSPS) is 13.1. The second-order valence-electron chi connectivity index (χ2n) is 6.30. The summed E-state index contributed by atoms with van der Waals surface area (Å²) in [5.74, 6) is -0.190. The molecule has 1 aliphatic rings. The molecule has 0 amide bonds. The summed E-state index contributed by atoms with van der Waals surface area (Å²) >= 11 is 0. The molecule has 0 spiro atoms. The van der Waals surface area contributed by atoms with Crippen LogP contribution in [0.1, 0.15) is 30.7 Å². The number of aryl methyl sites for hydroxylation is 1. The molecule has 3 aromatic rings. The summed E-state index contributed by atoms with van der Waals surface area (Å²) in [5, 5.41) is 27.9. The minimum atomic E-state index is -0.627. The first-order chi connectivity index (χ1) is 13.5. The van der Waals surface area contributed by atoms with Crippen LogP contribution < -0.4 is 11.1 Å². The Morgan fingerprint density at radius 3 is 2.57 bits per heavy atom. The second kappa shape index (κ2) is 8.41. The number of pyridine rings is 1. The highest BCUT2D eigenvalue weighted by Crippen LogP contribution is 2.32. The van der Waals surface area contributed by atoms with Gasteiger partial charge in [0.2, 0.25) is 0 Å². The van der Waals surface area contributed by atoms with Crippen molar-refractivity contribution in [2.75, 3.05) is 5.32 Å². The van der Waals surface area contributed by atoms with Crippen LogP contribution in [0.25, 0.3) is 11.3 Å². The van der Waals surface area contributed by atoms with Crippen molar-refractivity contribution < 1.29 is 9.50 Å². The van der Waals surface area contributed by atoms with Gasteiger partial charge in [-0.15, -0.1) is 0 Å². The first-order valence-corrected chi connectivity index (χ1v) is 8.62. The summed E-state index contributed by atoms with van der Waals surface area (Å²) in [6.45, 7) is 1.50. The van der Waals surface area contributed by atoms with Gasteiger partial charge in [0.1, 0.15) is 17.6 Å². The fraction of sp³-hybridized carbons (Fsp3) is 0.278. The summed E-state index contributed by atoms with van der Waals surface area (Å²) in [4.78, 5) is 11.6. The van der Waals surface area contributed by atoms with E-state index in [9.17, 15) is 9.50 Å².